The Labute approximate surface area is 129 Å². The fourth-order valence-corrected chi connectivity index (χ4v) is 1.95. The first-order valence-electron chi connectivity index (χ1n) is 7.37. The van der Waals surface area contributed by atoms with Gasteiger partial charge in [0.2, 0.25) is 0 Å². The number of ether oxygens (including phenoxy) is 1. The van der Waals surface area contributed by atoms with Crippen LogP contribution in [0.2, 0.25) is 0 Å². The quantitative estimate of drug-likeness (QED) is 0.851. The standard InChI is InChI=1S/C18H18N2O2/c21-18(19-13-12-14-6-7-14)20-15-8-10-17(11-9-15)22-16-4-2-1-3-5-16/h1-5,8-14H,6-7H2,(H2,19,20,21)/b13-12+. The van der Waals surface area contributed by atoms with Crippen molar-refractivity contribution in [3.05, 3.63) is 66.9 Å². The maximum atomic E-state index is 11.7. The molecule has 0 atom stereocenters. The summed E-state index contributed by atoms with van der Waals surface area (Å²) in [6.45, 7) is 0. The van der Waals surface area contributed by atoms with Crippen LogP contribution in [0.3, 0.4) is 0 Å². The Balaban J connectivity index is 1.51. The molecular formula is C18H18N2O2. The second-order valence-corrected chi connectivity index (χ2v) is 5.23. The molecule has 22 heavy (non-hydrogen) atoms. The number of carbonyl (C=O) groups is 1. The molecule has 0 spiro atoms. The highest BCUT2D eigenvalue weighted by Gasteiger charge is 2.17. The van der Waals surface area contributed by atoms with E-state index in [9.17, 15) is 4.79 Å². The molecule has 1 saturated carbocycles. The second-order valence-electron chi connectivity index (χ2n) is 5.23. The Bertz CT molecular complexity index is 647. The van der Waals surface area contributed by atoms with Gasteiger partial charge in [-0.2, -0.15) is 0 Å². The van der Waals surface area contributed by atoms with Crippen LogP contribution in [0.4, 0.5) is 10.5 Å². The highest BCUT2D eigenvalue weighted by atomic mass is 16.5. The molecule has 0 saturated heterocycles. The Hall–Kier alpha value is -2.75. The molecule has 3 rings (SSSR count). The van der Waals surface area contributed by atoms with Crippen LogP contribution in [0.25, 0.3) is 0 Å². The summed E-state index contributed by atoms with van der Waals surface area (Å²) in [6.07, 6.45) is 6.18. The lowest BCUT2D eigenvalue weighted by atomic mass is 10.3. The number of benzene rings is 2. The first kappa shape index (κ1) is 14.2. The molecule has 1 fully saturated rings. The highest BCUT2D eigenvalue weighted by molar-refractivity contribution is 5.89. The molecule has 0 aliphatic heterocycles. The maximum absolute atomic E-state index is 11.7. The van der Waals surface area contributed by atoms with Crippen molar-refractivity contribution < 1.29 is 9.53 Å². The lowest BCUT2D eigenvalue weighted by Gasteiger charge is -2.07. The Morgan fingerprint density at radius 2 is 1.68 bits per heavy atom. The van der Waals surface area contributed by atoms with E-state index in [1.165, 1.54) is 12.8 Å². The number of allylic oxidation sites excluding steroid dienone is 1. The summed E-state index contributed by atoms with van der Waals surface area (Å²) < 4.78 is 5.70. The number of amides is 2. The van der Waals surface area contributed by atoms with Crippen molar-refractivity contribution in [2.24, 2.45) is 5.92 Å². The lowest BCUT2D eigenvalue weighted by molar-refractivity contribution is 0.255. The van der Waals surface area contributed by atoms with Gasteiger partial charge < -0.3 is 15.4 Å². The Morgan fingerprint density at radius 3 is 2.36 bits per heavy atom. The molecule has 0 unspecified atom stereocenters. The number of rotatable bonds is 5. The van der Waals surface area contributed by atoms with Gasteiger partial charge in [0.15, 0.2) is 0 Å². The third kappa shape index (κ3) is 4.38. The third-order valence-electron chi connectivity index (χ3n) is 3.30. The number of para-hydroxylation sites is 1. The van der Waals surface area contributed by atoms with Gasteiger partial charge in [-0.15, -0.1) is 0 Å². The summed E-state index contributed by atoms with van der Waals surface area (Å²) >= 11 is 0. The van der Waals surface area contributed by atoms with Gasteiger partial charge in [-0.3, -0.25) is 0 Å². The van der Waals surface area contributed by atoms with Gasteiger partial charge in [0.25, 0.3) is 0 Å². The van der Waals surface area contributed by atoms with E-state index in [-0.39, 0.29) is 6.03 Å². The minimum atomic E-state index is -0.242. The van der Waals surface area contributed by atoms with Crippen LogP contribution in [-0.2, 0) is 0 Å². The van der Waals surface area contributed by atoms with Crippen molar-refractivity contribution in [2.45, 2.75) is 12.8 Å². The molecule has 4 nitrogen and oxygen atoms in total. The Kier molecular flexibility index (Phi) is 4.39. The van der Waals surface area contributed by atoms with Crippen LogP contribution in [0.15, 0.2) is 66.9 Å². The molecule has 0 radical (unpaired) electrons. The summed E-state index contributed by atoms with van der Waals surface area (Å²) in [5.41, 5.74) is 0.720. The smallest absolute Gasteiger partial charge is 0.323 e. The van der Waals surface area contributed by atoms with Gasteiger partial charge in [0.05, 0.1) is 0 Å². The molecule has 1 aliphatic rings. The summed E-state index contributed by atoms with van der Waals surface area (Å²) in [6, 6.07) is 16.6. The minimum absolute atomic E-state index is 0.242. The Morgan fingerprint density at radius 1 is 1.00 bits per heavy atom. The van der Waals surface area contributed by atoms with Gasteiger partial charge in [-0.1, -0.05) is 24.3 Å². The SMILES string of the molecule is O=C(N/C=C/C1CC1)Nc1ccc(Oc2ccccc2)cc1. The largest absolute Gasteiger partial charge is 0.457 e. The fourth-order valence-electron chi connectivity index (χ4n) is 1.95. The van der Waals surface area contributed by atoms with Crippen molar-refractivity contribution in [3.63, 3.8) is 0 Å². The van der Waals surface area contributed by atoms with Crippen molar-refractivity contribution in [2.75, 3.05) is 5.32 Å². The average molecular weight is 294 g/mol. The molecular weight excluding hydrogens is 276 g/mol. The molecule has 1 aliphatic carbocycles. The number of carbonyl (C=O) groups excluding carboxylic acids is 1. The van der Waals surface area contributed by atoms with Crippen molar-refractivity contribution >= 4 is 11.7 Å². The van der Waals surface area contributed by atoms with E-state index in [0.29, 0.717) is 5.92 Å². The van der Waals surface area contributed by atoms with Gasteiger partial charge in [-0.25, -0.2) is 4.79 Å². The molecule has 0 bridgehead atoms. The van der Waals surface area contributed by atoms with Crippen LogP contribution in [0, 0.1) is 5.92 Å². The molecule has 2 amide bonds. The van der Waals surface area contributed by atoms with Crippen molar-refractivity contribution in [1.82, 2.24) is 5.32 Å². The van der Waals surface area contributed by atoms with Gasteiger partial charge >= 0.3 is 6.03 Å². The number of hydrogen-bond donors (Lipinski definition) is 2. The van der Waals surface area contributed by atoms with Gasteiger partial charge in [-0.05, 0) is 55.2 Å². The summed E-state index contributed by atoms with van der Waals surface area (Å²) in [4.78, 5) is 11.7. The molecule has 112 valence electrons. The van der Waals surface area contributed by atoms with Crippen LogP contribution in [0.1, 0.15) is 12.8 Å². The van der Waals surface area contributed by atoms with Crippen LogP contribution >= 0.6 is 0 Å². The van der Waals surface area contributed by atoms with E-state index in [0.717, 1.165) is 17.2 Å². The van der Waals surface area contributed by atoms with Crippen molar-refractivity contribution in [3.8, 4) is 11.5 Å². The normalized spacial score (nSPS) is 13.8. The lowest BCUT2D eigenvalue weighted by Crippen LogP contribution is -2.23. The zero-order valence-corrected chi connectivity index (χ0v) is 12.2. The average Bonchev–Trinajstić information content (AvgIpc) is 3.35. The van der Waals surface area contributed by atoms with E-state index >= 15 is 0 Å². The van der Waals surface area contributed by atoms with E-state index < -0.39 is 0 Å². The third-order valence-corrected chi connectivity index (χ3v) is 3.30. The summed E-state index contributed by atoms with van der Waals surface area (Å²) in [5.74, 6) is 2.16. The number of urea groups is 1. The van der Waals surface area contributed by atoms with E-state index in [4.69, 9.17) is 4.74 Å². The van der Waals surface area contributed by atoms with E-state index in [1.54, 1.807) is 6.20 Å². The van der Waals surface area contributed by atoms with Crippen LogP contribution in [-0.4, -0.2) is 6.03 Å². The maximum Gasteiger partial charge on any atom is 0.323 e. The molecule has 4 heteroatoms. The molecule has 2 aromatic rings. The minimum Gasteiger partial charge on any atom is -0.457 e. The second kappa shape index (κ2) is 6.80. The molecule has 0 aromatic heterocycles. The first-order valence-corrected chi connectivity index (χ1v) is 7.37. The number of nitrogens with one attached hydrogen (secondary N) is 2. The van der Waals surface area contributed by atoms with Crippen LogP contribution < -0.4 is 15.4 Å². The highest BCUT2D eigenvalue weighted by Crippen LogP contribution is 2.29. The first-order chi connectivity index (χ1) is 10.8. The van der Waals surface area contributed by atoms with Gasteiger partial charge in [0, 0.05) is 11.9 Å². The van der Waals surface area contributed by atoms with E-state index in [2.05, 4.69) is 10.6 Å². The number of anilines is 1. The predicted molar refractivity (Wildman–Crippen MR) is 87.0 cm³/mol. The van der Waals surface area contributed by atoms with Crippen molar-refractivity contribution in [1.29, 1.82) is 0 Å². The van der Waals surface area contributed by atoms with E-state index in [1.807, 2.05) is 60.7 Å². The van der Waals surface area contributed by atoms with Crippen LogP contribution in [0.5, 0.6) is 11.5 Å². The molecule has 0 heterocycles. The zero-order chi connectivity index (χ0) is 15.2. The summed E-state index contributed by atoms with van der Waals surface area (Å²) in [7, 11) is 0. The number of hydrogen-bond acceptors (Lipinski definition) is 2. The van der Waals surface area contributed by atoms with Gasteiger partial charge in [0.1, 0.15) is 11.5 Å². The molecule has 2 aromatic carbocycles. The predicted octanol–water partition coefficient (Wildman–Crippen LogP) is 4.52. The summed E-state index contributed by atoms with van der Waals surface area (Å²) in [5, 5.41) is 5.47. The zero-order valence-electron chi connectivity index (χ0n) is 12.2. The fraction of sp³-hybridized carbons (Fsp3) is 0.167. The molecule has 2 N–H and O–H groups in total. The topological polar surface area (TPSA) is 50.4 Å². The monoisotopic (exact) mass is 294 g/mol.